The van der Waals surface area contributed by atoms with E-state index in [0.29, 0.717) is 0 Å². The number of halogens is 2. The van der Waals surface area contributed by atoms with E-state index < -0.39 is 30.6 Å². The van der Waals surface area contributed by atoms with Crippen molar-refractivity contribution in [2.24, 2.45) is 0 Å². The highest BCUT2D eigenvalue weighted by molar-refractivity contribution is 8.10. The monoisotopic (exact) mass is 240 g/mol. The summed E-state index contributed by atoms with van der Waals surface area (Å²) in [5.41, 5.74) is 0. The molecule has 0 saturated carbocycles. The van der Waals surface area contributed by atoms with E-state index in [9.17, 15) is 25.6 Å². The van der Waals surface area contributed by atoms with Crippen molar-refractivity contribution in [2.75, 3.05) is 0 Å². The molecule has 11 heteroatoms. The highest BCUT2D eigenvalue weighted by Gasteiger charge is 2.88. The summed E-state index contributed by atoms with van der Waals surface area (Å²) in [5, 5.41) is 7.90. The Kier molecular flexibility index (Phi) is 1.79. The first kappa shape index (κ1) is 10.7. The zero-order chi connectivity index (χ0) is 10.7. The van der Waals surface area contributed by atoms with Crippen molar-refractivity contribution < 1.29 is 39.5 Å². The standard InChI is InChI=1S/C2H2F2O7S2/c3-1(4,5)2(12(6,7)8)11-13(2,9)10/h5H,(H,6,7,8). The van der Waals surface area contributed by atoms with Gasteiger partial charge in [0, 0.05) is 0 Å². The number of rotatable bonds is 2. The summed E-state index contributed by atoms with van der Waals surface area (Å²) in [6.07, 6.45) is -5.22. The average Bonchev–Trinajstić information content (AvgIpc) is 2.30. The number of hydrogen-bond donors (Lipinski definition) is 2. The molecule has 78 valence electrons. The van der Waals surface area contributed by atoms with Crippen LogP contribution >= 0.6 is 0 Å². The topological polar surface area (TPSA) is 121 Å². The third-order valence-corrected chi connectivity index (χ3v) is 4.89. The molecule has 0 bridgehead atoms. The molecule has 13 heavy (non-hydrogen) atoms. The maximum atomic E-state index is 12.1. The van der Waals surface area contributed by atoms with Crippen molar-refractivity contribution in [1.29, 1.82) is 0 Å². The molecule has 1 aliphatic heterocycles. The van der Waals surface area contributed by atoms with Gasteiger partial charge in [0.15, 0.2) is 0 Å². The Morgan fingerprint density at radius 3 is 1.69 bits per heavy atom. The predicted octanol–water partition coefficient (Wildman–Crippen LogP) is -1.53. The molecule has 0 aliphatic carbocycles. The molecule has 0 aromatic carbocycles. The third-order valence-electron chi connectivity index (χ3n) is 1.23. The van der Waals surface area contributed by atoms with Crippen molar-refractivity contribution in [2.45, 2.75) is 10.4 Å². The largest absolute Gasteiger partial charge is 0.425 e. The van der Waals surface area contributed by atoms with Crippen LogP contribution in [0.5, 0.6) is 0 Å². The molecule has 0 radical (unpaired) electrons. The highest BCUT2D eigenvalue weighted by atomic mass is 32.3. The Bertz CT molecular complexity index is 428. The Labute approximate surface area is 70.8 Å². The zero-order valence-corrected chi connectivity index (χ0v) is 7.14. The number of aliphatic hydroxyl groups is 1. The molecule has 0 amide bonds. The van der Waals surface area contributed by atoms with Gasteiger partial charge < -0.3 is 5.11 Å². The van der Waals surface area contributed by atoms with Gasteiger partial charge in [-0.2, -0.15) is 25.6 Å². The molecule has 1 atom stereocenters. The van der Waals surface area contributed by atoms with E-state index >= 15 is 0 Å². The normalized spacial score (nSPS) is 32.9. The summed E-state index contributed by atoms with van der Waals surface area (Å²) in [7, 11) is -10.9. The van der Waals surface area contributed by atoms with Crippen molar-refractivity contribution in [3.05, 3.63) is 0 Å². The summed E-state index contributed by atoms with van der Waals surface area (Å²) in [6, 6.07) is 0. The molecule has 1 aliphatic rings. The zero-order valence-electron chi connectivity index (χ0n) is 5.51. The molecular formula is C2H2F2O7S2. The second-order valence-electron chi connectivity index (χ2n) is 2.11. The highest BCUT2D eigenvalue weighted by Crippen LogP contribution is 2.52. The van der Waals surface area contributed by atoms with Crippen LogP contribution in [0.15, 0.2) is 0 Å². The van der Waals surface area contributed by atoms with Crippen LogP contribution in [0.25, 0.3) is 0 Å². The average molecular weight is 240 g/mol. The molecule has 1 unspecified atom stereocenters. The van der Waals surface area contributed by atoms with Gasteiger partial charge in [0.05, 0.1) is 0 Å². The summed E-state index contributed by atoms with van der Waals surface area (Å²) >= 11 is 0. The summed E-state index contributed by atoms with van der Waals surface area (Å²) < 4.78 is 72.1. The molecule has 1 heterocycles. The molecule has 1 rings (SSSR count). The molecule has 1 saturated heterocycles. The maximum Gasteiger partial charge on any atom is 0.425 e. The van der Waals surface area contributed by atoms with E-state index in [1.165, 1.54) is 0 Å². The van der Waals surface area contributed by atoms with Crippen molar-refractivity contribution in [3.8, 4) is 0 Å². The van der Waals surface area contributed by atoms with Crippen LogP contribution in [0, 0.1) is 0 Å². The molecule has 1 fully saturated rings. The number of alkyl halides is 2. The van der Waals surface area contributed by atoms with E-state index in [0.717, 1.165) is 0 Å². The van der Waals surface area contributed by atoms with Crippen molar-refractivity contribution >= 4 is 20.2 Å². The van der Waals surface area contributed by atoms with Crippen LogP contribution in [-0.4, -0.2) is 36.9 Å². The molecule has 0 aromatic rings. The molecule has 2 N–H and O–H groups in total. The predicted molar refractivity (Wildman–Crippen MR) is 31.5 cm³/mol. The lowest BCUT2D eigenvalue weighted by Gasteiger charge is -2.10. The van der Waals surface area contributed by atoms with Crippen LogP contribution < -0.4 is 0 Å². The van der Waals surface area contributed by atoms with Gasteiger partial charge in [-0.25, -0.2) is 4.18 Å². The van der Waals surface area contributed by atoms with E-state index in [4.69, 9.17) is 9.66 Å². The lowest BCUT2D eigenvalue weighted by atomic mass is 10.7. The minimum Gasteiger partial charge on any atom is -0.332 e. The van der Waals surface area contributed by atoms with E-state index in [1.54, 1.807) is 0 Å². The Hall–Kier alpha value is -0.360. The fourth-order valence-corrected chi connectivity index (χ4v) is 3.43. The van der Waals surface area contributed by atoms with Crippen LogP contribution in [0.2, 0.25) is 0 Å². The van der Waals surface area contributed by atoms with Crippen molar-refractivity contribution in [1.82, 2.24) is 0 Å². The van der Waals surface area contributed by atoms with Crippen molar-refractivity contribution in [3.63, 3.8) is 0 Å². The van der Waals surface area contributed by atoms with Crippen LogP contribution in [0.3, 0.4) is 0 Å². The van der Waals surface area contributed by atoms with Gasteiger partial charge in [-0.15, -0.1) is 0 Å². The number of hydrogen-bond acceptors (Lipinski definition) is 6. The van der Waals surface area contributed by atoms with Gasteiger partial charge in [-0.1, -0.05) is 0 Å². The first-order valence-corrected chi connectivity index (χ1v) is 5.33. The van der Waals surface area contributed by atoms with Crippen LogP contribution in [-0.2, 0) is 24.4 Å². The van der Waals surface area contributed by atoms with E-state index in [2.05, 4.69) is 4.18 Å². The van der Waals surface area contributed by atoms with E-state index in [-0.39, 0.29) is 0 Å². The van der Waals surface area contributed by atoms with E-state index in [1.807, 2.05) is 0 Å². The Balaban J connectivity index is 3.44. The maximum absolute atomic E-state index is 12.1. The fraction of sp³-hybridized carbons (Fsp3) is 1.00. The first-order chi connectivity index (χ1) is 5.46. The molecular weight excluding hydrogens is 238 g/mol. The van der Waals surface area contributed by atoms with Gasteiger partial charge in [0.25, 0.3) is 0 Å². The van der Waals surface area contributed by atoms with Crippen LogP contribution in [0.4, 0.5) is 8.78 Å². The SMILES string of the molecule is O=S(=O)(O)C1(C(O)(F)F)OS1(=O)=O. The molecule has 0 aromatic heterocycles. The minimum atomic E-state index is -5.77. The fourth-order valence-electron chi connectivity index (χ4n) is 0.655. The van der Waals surface area contributed by atoms with Gasteiger partial charge in [0.1, 0.15) is 0 Å². The Morgan fingerprint density at radius 1 is 1.38 bits per heavy atom. The van der Waals surface area contributed by atoms with Gasteiger partial charge >= 0.3 is 30.6 Å². The smallest absolute Gasteiger partial charge is 0.332 e. The first-order valence-electron chi connectivity index (χ1n) is 2.48. The Morgan fingerprint density at radius 2 is 1.69 bits per heavy atom. The summed E-state index contributed by atoms with van der Waals surface area (Å²) in [6.45, 7) is 0. The quantitative estimate of drug-likeness (QED) is 0.443. The molecule has 0 spiro atoms. The third kappa shape index (κ3) is 1.15. The lowest BCUT2D eigenvalue weighted by Crippen LogP contribution is -2.44. The van der Waals surface area contributed by atoms with Gasteiger partial charge in [-0.05, 0) is 0 Å². The van der Waals surface area contributed by atoms with Crippen LogP contribution in [0.1, 0.15) is 0 Å². The summed E-state index contributed by atoms with van der Waals surface area (Å²) in [4.78, 5) is 0. The summed E-state index contributed by atoms with van der Waals surface area (Å²) in [5.74, 6) is 0. The second-order valence-corrected chi connectivity index (χ2v) is 5.54. The molecule has 7 nitrogen and oxygen atoms in total. The minimum absolute atomic E-state index is 3.16. The van der Waals surface area contributed by atoms with Gasteiger partial charge in [0.2, 0.25) is 0 Å². The van der Waals surface area contributed by atoms with Gasteiger partial charge in [-0.3, -0.25) is 4.55 Å². The lowest BCUT2D eigenvalue weighted by molar-refractivity contribution is -0.222. The second kappa shape index (κ2) is 2.17.